The molecule has 1 saturated heterocycles. The van der Waals surface area contributed by atoms with Crippen LogP contribution in [0.15, 0.2) is 47.4 Å². The molecule has 0 aliphatic carbocycles. The Morgan fingerprint density at radius 2 is 1.76 bits per heavy atom. The monoisotopic (exact) mass is 424 g/mol. The van der Waals surface area contributed by atoms with Gasteiger partial charge in [-0.3, -0.25) is 4.79 Å². The van der Waals surface area contributed by atoms with E-state index in [4.69, 9.17) is 5.11 Å². The molecule has 2 aromatic carbocycles. The quantitative estimate of drug-likeness (QED) is 0.746. The van der Waals surface area contributed by atoms with Crippen molar-refractivity contribution >= 4 is 21.6 Å². The Balaban J connectivity index is 1.75. The van der Waals surface area contributed by atoms with Gasteiger partial charge in [0.2, 0.25) is 10.0 Å². The van der Waals surface area contributed by atoms with Gasteiger partial charge < -0.3 is 10.4 Å². The van der Waals surface area contributed by atoms with Crippen molar-refractivity contribution in [1.29, 1.82) is 0 Å². The Morgan fingerprint density at radius 1 is 1.10 bits per heavy atom. The number of nitrogens with zero attached hydrogens (tertiary/aromatic N) is 1. The fourth-order valence-electron chi connectivity index (χ4n) is 3.40. The summed E-state index contributed by atoms with van der Waals surface area (Å²) in [5, 5.41) is 11.4. The van der Waals surface area contributed by atoms with E-state index in [2.05, 4.69) is 5.32 Å². The van der Waals surface area contributed by atoms with E-state index in [1.54, 1.807) is 0 Å². The minimum Gasteiger partial charge on any atom is -0.396 e. The Bertz CT molecular complexity index is 969. The fraction of sp³-hybridized carbons (Fsp3) is 0.350. The number of piperidine rings is 1. The lowest BCUT2D eigenvalue weighted by Crippen LogP contribution is -2.38. The van der Waals surface area contributed by atoms with Gasteiger partial charge in [-0.05, 0) is 55.5 Å². The average Bonchev–Trinajstić information content (AvgIpc) is 2.68. The maximum atomic E-state index is 13.3. The molecular formula is C20H22F2N2O4S. The molecule has 1 heterocycles. The van der Waals surface area contributed by atoms with Crippen molar-refractivity contribution in [3.8, 4) is 0 Å². The summed E-state index contributed by atoms with van der Waals surface area (Å²) in [6.07, 6.45) is 2.00. The van der Waals surface area contributed by atoms with Crippen LogP contribution in [0.4, 0.5) is 14.5 Å². The van der Waals surface area contributed by atoms with Crippen LogP contribution in [0.1, 0.15) is 29.6 Å². The molecule has 0 aromatic heterocycles. The lowest BCUT2D eigenvalue weighted by molar-refractivity contribution is 0.102. The zero-order valence-corrected chi connectivity index (χ0v) is 16.5. The molecule has 29 heavy (non-hydrogen) atoms. The highest BCUT2D eigenvalue weighted by molar-refractivity contribution is 7.89. The number of amides is 1. The molecule has 0 unspecified atom stereocenters. The van der Waals surface area contributed by atoms with Crippen molar-refractivity contribution < 1.29 is 27.1 Å². The fourth-order valence-corrected chi connectivity index (χ4v) is 4.91. The van der Waals surface area contributed by atoms with E-state index in [0.717, 1.165) is 12.1 Å². The molecule has 1 aliphatic rings. The van der Waals surface area contributed by atoms with Gasteiger partial charge in [0.25, 0.3) is 5.91 Å². The highest BCUT2D eigenvalue weighted by atomic mass is 32.2. The van der Waals surface area contributed by atoms with Crippen LogP contribution in [0.5, 0.6) is 0 Å². The number of carbonyl (C=O) groups excluding carboxylic acids is 1. The number of aliphatic hydroxyl groups is 1. The van der Waals surface area contributed by atoms with Gasteiger partial charge in [0.1, 0.15) is 11.6 Å². The van der Waals surface area contributed by atoms with E-state index in [0.29, 0.717) is 44.3 Å². The highest BCUT2D eigenvalue weighted by Crippen LogP contribution is 2.26. The van der Waals surface area contributed by atoms with E-state index in [1.807, 2.05) is 0 Å². The Kier molecular flexibility index (Phi) is 6.61. The van der Waals surface area contributed by atoms with E-state index in [9.17, 15) is 22.0 Å². The van der Waals surface area contributed by atoms with Crippen molar-refractivity contribution in [2.45, 2.75) is 24.2 Å². The summed E-state index contributed by atoms with van der Waals surface area (Å²) in [4.78, 5) is 12.4. The first kappa shape index (κ1) is 21.4. The average molecular weight is 424 g/mol. The van der Waals surface area contributed by atoms with E-state index in [1.165, 1.54) is 28.6 Å². The van der Waals surface area contributed by atoms with Gasteiger partial charge in [-0.2, -0.15) is 4.31 Å². The summed E-state index contributed by atoms with van der Waals surface area (Å²) in [6, 6.07) is 8.17. The maximum Gasteiger partial charge on any atom is 0.255 e. The van der Waals surface area contributed by atoms with E-state index in [-0.39, 0.29) is 22.8 Å². The number of aliphatic hydroxyl groups excluding tert-OH is 1. The van der Waals surface area contributed by atoms with Crippen molar-refractivity contribution in [3.05, 3.63) is 59.7 Å². The molecule has 0 saturated carbocycles. The molecule has 0 radical (unpaired) electrons. The summed E-state index contributed by atoms with van der Waals surface area (Å²) in [6.45, 7) is 0.793. The number of hydrogen-bond acceptors (Lipinski definition) is 4. The summed E-state index contributed by atoms with van der Waals surface area (Å²) < 4.78 is 53.8. The molecule has 1 fully saturated rings. The second-order valence-electron chi connectivity index (χ2n) is 7.00. The molecule has 2 aromatic rings. The zero-order valence-electron chi connectivity index (χ0n) is 15.6. The molecule has 1 amide bonds. The van der Waals surface area contributed by atoms with Gasteiger partial charge in [0.15, 0.2) is 0 Å². The van der Waals surface area contributed by atoms with Crippen LogP contribution in [0, 0.1) is 17.6 Å². The molecule has 6 nitrogen and oxygen atoms in total. The number of halogens is 2. The molecule has 3 rings (SSSR count). The zero-order chi connectivity index (χ0) is 21.0. The smallest absolute Gasteiger partial charge is 0.255 e. The molecule has 1 aliphatic heterocycles. The highest BCUT2D eigenvalue weighted by Gasteiger charge is 2.29. The van der Waals surface area contributed by atoms with Crippen molar-refractivity contribution in [3.63, 3.8) is 0 Å². The van der Waals surface area contributed by atoms with Gasteiger partial charge >= 0.3 is 0 Å². The predicted molar refractivity (Wildman–Crippen MR) is 104 cm³/mol. The molecular weight excluding hydrogens is 402 g/mol. The van der Waals surface area contributed by atoms with E-state index >= 15 is 0 Å². The van der Waals surface area contributed by atoms with Gasteiger partial charge in [-0.1, -0.05) is 6.07 Å². The third-order valence-electron chi connectivity index (χ3n) is 4.97. The molecule has 0 spiro atoms. The van der Waals surface area contributed by atoms with E-state index < -0.39 is 27.6 Å². The van der Waals surface area contributed by atoms with Gasteiger partial charge in [-0.25, -0.2) is 17.2 Å². The number of benzene rings is 2. The first-order valence-electron chi connectivity index (χ1n) is 9.28. The molecule has 9 heteroatoms. The topological polar surface area (TPSA) is 86.7 Å². The van der Waals surface area contributed by atoms with Crippen LogP contribution in [0.3, 0.4) is 0 Å². The van der Waals surface area contributed by atoms with Crippen LogP contribution in [-0.2, 0) is 10.0 Å². The first-order valence-corrected chi connectivity index (χ1v) is 10.7. The Hall–Kier alpha value is -2.36. The van der Waals surface area contributed by atoms with Crippen LogP contribution in [0.2, 0.25) is 0 Å². The minimum atomic E-state index is -3.77. The second-order valence-corrected chi connectivity index (χ2v) is 8.94. The number of sulfonamides is 1. The van der Waals surface area contributed by atoms with Gasteiger partial charge in [0, 0.05) is 37.0 Å². The third kappa shape index (κ3) is 5.17. The SMILES string of the molecule is O=C(Nc1cc(F)cc(F)c1)c1cccc(S(=O)(=O)N2CCC(CCO)CC2)c1. The second kappa shape index (κ2) is 8.98. The number of nitrogens with one attached hydrogen (secondary N) is 1. The maximum absolute atomic E-state index is 13.3. The van der Waals surface area contributed by atoms with Gasteiger partial charge in [-0.15, -0.1) is 0 Å². The Morgan fingerprint density at radius 3 is 2.38 bits per heavy atom. The third-order valence-corrected chi connectivity index (χ3v) is 6.86. The molecule has 0 atom stereocenters. The lowest BCUT2D eigenvalue weighted by Gasteiger charge is -2.31. The van der Waals surface area contributed by atoms with Crippen LogP contribution in [-0.4, -0.2) is 43.4 Å². The van der Waals surface area contributed by atoms with Crippen LogP contribution < -0.4 is 5.32 Å². The van der Waals surface area contributed by atoms with Gasteiger partial charge in [0.05, 0.1) is 4.90 Å². The first-order chi connectivity index (χ1) is 13.8. The summed E-state index contributed by atoms with van der Waals surface area (Å²) in [5.41, 5.74) is -0.00220. The standard InChI is InChI=1S/C20H22F2N2O4S/c21-16-11-17(22)13-18(12-16)23-20(26)15-2-1-3-19(10-15)29(27,28)24-7-4-14(5-8-24)6-9-25/h1-3,10-14,25H,4-9H2,(H,23,26). The minimum absolute atomic E-state index is 0.0174. The number of anilines is 1. The molecule has 2 N–H and O–H groups in total. The number of hydrogen-bond donors (Lipinski definition) is 2. The number of rotatable bonds is 6. The number of carbonyl (C=O) groups is 1. The van der Waals surface area contributed by atoms with Crippen molar-refractivity contribution in [2.24, 2.45) is 5.92 Å². The molecule has 156 valence electrons. The Labute approximate surface area is 168 Å². The van der Waals surface area contributed by atoms with Crippen LogP contribution >= 0.6 is 0 Å². The molecule has 0 bridgehead atoms. The summed E-state index contributed by atoms with van der Waals surface area (Å²) in [5.74, 6) is -2.04. The summed E-state index contributed by atoms with van der Waals surface area (Å²) >= 11 is 0. The van der Waals surface area contributed by atoms with Crippen LogP contribution in [0.25, 0.3) is 0 Å². The normalized spacial score (nSPS) is 16.0. The van der Waals surface area contributed by atoms with Crippen molar-refractivity contribution in [1.82, 2.24) is 4.31 Å². The summed E-state index contributed by atoms with van der Waals surface area (Å²) in [7, 11) is -3.77. The lowest BCUT2D eigenvalue weighted by atomic mass is 9.95. The van der Waals surface area contributed by atoms with Crippen molar-refractivity contribution in [2.75, 3.05) is 25.0 Å². The largest absolute Gasteiger partial charge is 0.396 e. The predicted octanol–water partition coefficient (Wildman–Crippen LogP) is 3.00.